The topological polar surface area (TPSA) is 55.1 Å². The maximum Gasteiger partial charge on any atom is 0.220 e. The van der Waals surface area contributed by atoms with Crippen molar-refractivity contribution in [3.05, 3.63) is 0 Å². The third-order valence-corrected chi connectivity index (χ3v) is 2.91. The molecule has 3 nitrogen and oxygen atoms in total. The van der Waals surface area contributed by atoms with Crippen LogP contribution in [-0.2, 0) is 4.79 Å². The van der Waals surface area contributed by atoms with E-state index in [1.54, 1.807) is 0 Å². The Morgan fingerprint density at radius 3 is 2.27 bits per heavy atom. The van der Waals surface area contributed by atoms with Gasteiger partial charge in [0.05, 0.1) is 0 Å². The van der Waals surface area contributed by atoms with E-state index in [4.69, 9.17) is 5.73 Å². The summed E-state index contributed by atoms with van der Waals surface area (Å²) in [5, 5.41) is 2.95. The molecule has 0 heterocycles. The number of carbonyl (C=O) groups excluding carboxylic acids is 1. The van der Waals surface area contributed by atoms with Crippen LogP contribution >= 0.6 is 0 Å². The molecule has 0 aromatic carbocycles. The van der Waals surface area contributed by atoms with Gasteiger partial charge in [0, 0.05) is 19.0 Å². The molecule has 0 saturated carbocycles. The van der Waals surface area contributed by atoms with E-state index in [2.05, 4.69) is 33.0 Å². The van der Waals surface area contributed by atoms with Crippen molar-refractivity contribution in [2.24, 2.45) is 17.1 Å². The smallest absolute Gasteiger partial charge is 0.220 e. The molecule has 0 spiro atoms. The van der Waals surface area contributed by atoms with E-state index in [1.165, 1.54) is 0 Å². The Morgan fingerprint density at radius 1 is 1.33 bits per heavy atom. The fourth-order valence-corrected chi connectivity index (χ4v) is 1.02. The number of amides is 1. The molecule has 3 heteroatoms. The van der Waals surface area contributed by atoms with Gasteiger partial charge in [-0.3, -0.25) is 4.79 Å². The second-order valence-electron chi connectivity index (χ2n) is 5.59. The first-order chi connectivity index (χ1) is 6.73. The van der Waals surface area contributed by atoms with Gasteiger partial charge in [0.15, 0.2) is 0 Å². The Morgan fingerprint density at radius 2 is 1.87 bits per heavy atom. The Hall–Kier alpha value is -0.570. The predicted octanol–water partition coefficient (Wildman–Crippen LogP) is 1.91. The lowest BCUT2D eigenvalue weighted by Crippen LogP contribution is -2.34. The molecule has 0 aliphatic carbocycles. The van der Waals surface area contributed by atoms with Gasteiger partial charge in [0.1, 0.15) is 0 Å². The summed E-state index contributed by atoms with van der Waals surface area (Å²) in [6.45, 7) is 11.4. The average Bonchev–Trinajstić information content (AvgIpc) is 2.09. The largest absolute Gasteiger partial charge is 0.356 e. The van der Waals surface area contributed by atoms with E-state index in [1.807, 2.05) is 6.92 Å². The standard InChI is InChI=1S/C12H26N2O/c1-9(12(3,4)5)8-14-11(15)7-6-10(2)13/h9-10H,6-8,13H2,1-5H3,(H,14,15). The van der Waals surface area contributed by atoms with E-state index >= 15 is 0 Å². The summed E-state index contributed by atoms with van der Waals surface area (Å²) in [6.07, 6.45) is 1.30. The fraction of sp³-hybridized carbons (Fsp3) is 0.917. The Kier molecular flexibility index (Phi) is 5.88. The van der Waals surface area contributed by atoms with Crippen LogP contribution in [-0.4, -0.2) is 18.5 Å². The second kappa shape index (κ2) is 6.11. The molecule has 0 rings (SSSR count). The first kappa shape index (κ1) is 14.4. The highest BCUT2D eigenvalue weighted by Gasteiger charge is 2.20. The molecule has 3 N–H and O–H groups in total. The summed E-state index contributed by atoms with van der Waals surface area (Å²) in [4.78, 5) is 11.4. The maximum absolute atomic E-state index is 11.4. The van der Waals surface area contributed by atoms with Crippen LogP contribution in [0.1, 0.15) is 47.5 Å². The van der Waals surface area contributed by atoms with Crippen LogP contribution in [0.4, 0.5) is 0 Å². The summed E-state index contributed by atoms with van der Waals surface area (Å²) in [6, 6.07) is 0.107. The van der Waals surface area contributed by atoms with Crippen molar-refractivity contribution in [2.45, 2.75) is 53.5 Å². The normalized spacial score (nSPS) is 15.9. The first-order valence-electron chi connectivity index (χ1n) is 5.75. The van der Waals surface area contributed by atoms with Crippen LogP contribution < -0.4 is 11.1 Å². The van der Waals surface area contributed by atoms with Crippen molar-refractivity contribution in [3.8, 4) is 0 Å². The zero-order valence-corrected chi connectivity index (χ0v) is 10.8. The van der Waals surface area contributed by atoms with Crippen LogP contribution in [0.15, 0.2) is 0 Å². The summed E-state index contributed by atoms with van der Waals surface area (Å²) < 4.78 is 0. The van der Waals surface area contributed by atoms with Crippen LogP contribution in [0.2, 0.25) is 0 Å². The molecule has 1 amide bonds. The van der Waals surface area contributed by atoms with Crippen molar-refractivity contribution < 1.29 is 4.79 Å². The van der Waals surface area contributed by atoms with Crippen molar-refractivity contribution in [3.63, 3.8) is 0 Å². The lowest BCUT2D eigenvalue weighted by atomic mass is 9.82. The van der Waals surface area contributed by atoms with Gasteiger partial charge >= 0.3 is 0 Å². The molecule has 2 unspecified atom stereocenters. The van der Waals surface area contributed by atoms with E-state index in [0.29, 0.717) is 12.3 Å². The molecule has 0 aliphatic rings. The number of nitrogens with two attached hydrogens (primary N) is 1. The molecular formula is C12H26N2O. The van der Waals surface area contributed by atoms with Crippen LogP contribution in [0.3, 0.4) is 0 Å². The monoisotopic (exact) mass is 214 g/mol. The van der Waals surface area contributed by atoms with Crippen molar-refractivity contribution in [1.29, 1.82) is 0 Å². The van der Waals surface area contributed by atoms with Gasteiger partial charge in [-0.2, -0.15) is 0 Å². The van der Waals surface area contributed by atoms with E-state index in [9.17, 15) is 4.79 Å². The number of hydrogen-bond acceptors (Lipinski definition) is 2. The molecule has 0 aliphatic heterocycles. The maximum atomic E-state index is 11.4. The molecule has 2 atom stereocenters. The Balaban J connectivity index is 3.72. The average molecular weight is 214 g/mol. The quantitative estimate of drug-likeness (QED) is 0.734. The number of nitrogens with one attached hydrogen (secondary N) is 1. The number of carbonyl (C=O) groups is 1. The van der Waals surface area contributed by atoms with Gasteiger partial charge in [-0.1, -0.05) is 27.7 Å². The number of rotatable bonds is 5. The molecule has 90 valence electrons. The molecule has 15 heavy (non-hydrogen) atoms. The summed E-state index contributed by atoms with van der Waals surface area (Å²) in [7, 11) is 0. The van der Waals surface area contributed by atoms with Gasteiger partial charge in [-0.25, -0.2) is 0 Å². The van der Waals surface area contributed by atoms with Crippen LogP contribution in [0.5, 0.6) is 0 Å². The van der Waals surface area contributed by atoms with Crippen LogP contribution in [0.25, 0.3) is 0 Å². The summed E-state index contributed by atoms with van der Waals surface area (Å²) >= 11 is 0. The third kappa shape index (κ3) is 7.37. The van der Waals surface area contributed by atoms with Gasteiger partial charge in [-0.15, -0.1) is 0 Å². The predicted molar refractivity (Wildman–Crippen MR) is 64.5 cm³/mol. The minimum absolute atomic E-state index is 0.107. The Labute approximate surface area is 93.8 Å². The fourth-order valence-electron chi connectivity index (χ4n) is 1.02. The van der Waals surface area contributed by atoms with Crippen molar-refractivity contribution in [2.75, 3.05) is 6.54 Å². The highest BCUT2D eigenvalue weighted by molar-refractivity contribution is 5.75. The zero-order valence-electron chi connectivity index (χ0n) is 10.8. The zero-order chi connectivity index (χ0) is 12.1. The second-order valence-corrected chi connectivity index (χ2v) is 5.59. The summed E-state index contributed by atoms with van der Waals surface area (Å²) in [5.74, 6) is 0.597. The first-order valence-corrected chi connectivity index (χ1v) is 5.75. The van der Waals surface area contributed by atoms with E-state index in [-0.39, 0.29) is 17.4 Å². The van der Waals surface area contributed by atoms with Crippen LogP contribution in [0, 0.1) is 11.3 Å². The minimum atomic E-state index is 0.107. The molecule has 0 aromatic heterocycles. The van der Waals surface area contributed by atoms with Crippen molar-refractivity contribution in [1.82, 2.24) is 5.32 Å². The minimum Gasteiger partial charge on any atom is -0.356 e. The molecule has 0 bridgehead atoms. The molecular weight excluding hydrogens is 188 g/mol. The third-order valence-electron chi connectivity index (χ3n) is 2.91. The highest BCUT2D eigenvalue weighted by Crippen LogP contribution is 2.24. The number of hydrogen-bond donors (Lipinski definition) is 2. The molecule has 0 saturated heterocycles. The SMILES string of the molecule is CC(N)CCC(=O)NCC(C)C(C)(C)C. The Bertz CT molecular complexity index is 194. The molecule has 0 aromatic rings. The van der Waals surface area contributed by atoms with Gasteiger partial charge in [0.25, 0.3) is 0 Å². The van der Waals surface area contributed by atoms with Crippen molar-refractivity contribution >= 4 is 5.91 Å². The molecule has 0 fully saturated rings. The van der Waals surface area contributed by atoms with Gasteiger partial charge < -0.3 is 11.1 Å². The van der Waals surface area contributed by atoms with E-state index in [0.717, 1.165) is 13.0 Å². The lowest BCUT2D eigenvalue weighted by molar-refractivity contribution is -0.121. The van der Waals surface area contributed by atoms with Gasteiger partial charge in [-0.05, 0) is 24.7 Å². The van der Waals surface area contributed by atoms with Gasteiger partial charge in [0.2, 0.25) is 5.91 Å². The summed E-state index contributed by atoms with van der Waals surface area (Å²) in [5.41, 5.74) is 5.83. The highest BCUT2D eigenvalue weighted by atomic mass is 16.1. The lowest BCUT2D eigenvalue weighted by Gasteiger charge is -2.27. The van der Waals surface area contributed by atoms with E-state index < -0.39 is 0 Å². The molecule has 0 radical (unpaired) electrons.